The van der Waals surface area contributed by atoms with Crippen molar-refractivity contribution >= 4 is 0 Å². The number of furan rings is 1. The third kappa shape index (κ3) is 2.20. The first-order valence-electron chi connectivity index (χ1n) is 6.85. The number of morpholine rings is 1. The van der Waals surface area contributed by atoms with Crippen LogP contribution in [0.25, 0.3) is 0 Å². The van der Waals surface area contributed by atoms with Crippen molar-refractivity contribution in [1.29, 1.82) is 0 Å². The maximum atomic E-state index is 6.18. The van der Waals surface area contributed by atoms with Gasteiger partial charge >= 0.3 is 0 Å². The molecule has 2 saturated heterocycles. The van der Waals surface area contributed by atoms with Gasteiger partial charge in [0.05, 0.1) is 18.2 Å². The van der Waals surface area contributed by atoms with Gasteiger partial charge in [0.25, 0.3) is 0 Å². The maximum absolute atomic E-state index is 6.18. The van der Waals surface area contributed by atoms with E-state index < -0.39 is 0 Å². The average molecular weight is 250 g/mol. The third-order valence-corrected chi connectivity index (χ3v) is 4.02. The molecule has 1 aromatic heterocycles. The van der Waals surface area contributed by atoms with Gasteiger partial charge in [0.15, 0.2) is 0 Å². The largest absolute Gasteiger partial charge is 0.465 e. The summed E-state index contributed by atoms with van der Waals surface area (Å²) in [6, 6.07) is 4.30. The van der Waals surface area contributed by atoms with Crippen LogP contribution in [-0.2, 0) is 4.74 Å². The highest BCUT2D eigenvalue weighted by Gasteiger charge is 2.38. The fourth-order valence-electron chi connectivity index (χ4n) is 3.26. The highest BCUT2D eigenvalue weighted by atomic mass is 16.5. The summed E-state index contributed by atoms with van der Waals surface area (Å²) in [5, 5.41) is 0. The van der Waals surface area contributed by atoms with Crippen molar-refractivity contribution in [2.75, 3.05) is 13.1 Å². The Kier molecular flexibility index (Phi) is 3.18. The van der Waals surface area contributed by atoms with Crippen LogP contribution < -0.4 is 5.73 Å². The van der Waals surface area contributed by atoms with Gasteiger partial charge in [-0.1, -0.05) is 0 Å². The highest BCUT2D eigenvalue weighted by molar-refractivity contribution is 5.12. The number of aryl methyl sites for hydroxylation is 1. The number of nitrogens with two attached hydrogens (primary N) is 1. The molecule has 18 heavy (non-hydrogen) atoms. The minimum atomic E-state index is 0.0630. The zero-order valence-corrected chi connectivity index (χ0v) is 11.1. The van der Waals surface area contributed by atoms with Crippen molar-refractivity contribution in [3.05, 3.63) is 23.7 Å². The van der Waals surface area contributed by atoms with Gasteiger partial charge in [-0.15, -0.1) is 0 Å². The fourth-order valence-corrected chi connectivity index (χ4v) is 3.26. The Labute approximate surface area is 108 Å². The van der Waals surface area contributed by atoms with E-state index in [2.05, 4.69) is 17.9 Å². The van der Waals surface area contributed by atoms with E-state index in [0.29, 0.717) is 12.2 Å². The Balaban J connectivity index is 1.82. The summed E-state index contributed by atoms with van der Waals surface area (Å²) in [6.07, 6.45) is 3.15. The van der Waals surface area contributed by atoms with Crippen molar-refractivity contribution in [3.8, 4) is 0 Å². The minimum Gasteiger partial charge on any atom is -0.465 e. The summed E-state index contributed by atoms with van der Waals surface area (Å²) < 4.78 is 11.7. The quantitative estimate of drug-likeness (QED) is 0.889. The third-order valence-electron chi connectivity index (χ3n) is 4.02. The molecule has 2 aliphatic rings. The number of fused-ring (bicyclic) bond motifs is 2. The number of nitrogens with zero attached hydrogens (tertiary/aromatic N) is 1. The van der Waals surface area contributed by atoms with Gasteiger partial charge in [-0.3, -0.25) is 4.90 Å². The summed E-state index contributed by atoms with van der Waals surface area (Å²) in [5.74, 6) is 1.94. The van der Waals surface area contributed by atoms with Crippen molar-refractivity contribution in [2.45, 2.75) is 51.0 Å². The summed E-state index contributed by atoms with van der Waals surface area (Å²) in [4.78, 5) is 2.44. The standard InChI is InChI=1S/C14H22N2O2/c1-9-3-6-13(17-9)14(10(2)15)16-7-11-4-5-12(8-16)18-11/h3,6,10-12,14H,4-5,7-8,15H2,1-2H3. The van der Waals surface area contributed by atoms with Crippen LogP contribution in [0.4, 0.5) is 0 Å². The molecule has 0 aliphatic carbocycles. The number of likely N-dealkylation sites (tertiary alicyclic amines) is 1. The molecule has 100 valence electrons. The first-order chi connectivity index (χ1) is 8.63. The average Bonchev–Trinajstić information content (AvgIpc) is 2.86. The van der Waals surface area contributed by atoms with Crippen LogP contribution in [-0.4, -0.2) is 36.2 Å². The van der Waals surface area contributed by atoms with Gasteiger partial charge < -0.3 is 14.9 Å². The molecular formula is C14H22N2O2. The number of hydrogen-bond donors (Lipinski definition) is 1. The second kappa shape index (κ2) is 4.68. The summed E-state index contributed by atoms with van der Waals surface area (Å²) in [7, 11) is 0. The van der Waals surface area contributed by atoms with E-state index in [1.54, 1.807) is 0 Å². The number of rotatable bonds is 3. The Morgan fingerprint density at radius 3 is 2.44 bits per heavy atom. The molecule has 2 fully saturated rings. The van der Waals surface area contributed by atoms with Gasteiger partial charge in [-0.25, -0.2) is 0 Å². The molecule has 0 saturated carbocycles. The molecule has 0 radical (unpaired) electrons. The summed E-state index contributed by atoms with van der Waals surface area (Å²) in [5.41, 5.74) is 6.18. The molecule has 0 amide bonds. The molecule has 4 nitrogen and oxygen atoms in total. The molecule has 4 heteroatoms. The van der Waals surface area contributed by atoms with Crippen molar-refractivity contribution < 1.29 is 9.15 Å². The lowest BCUT2D eigenvalue weighted by Crippen LogP contribution is -2.48. The predicted molar refractivity (Wildman–Crippen MR) is 69.3 cm³/mol. The van der Waals surface area contributed by atoms with Crippen molar-refractivity contribution in [3.63, 3.8) is 0 Å². The number of hydrogen-bond acceptors (Lipinski definition) is 4. The van der Waals surface area contributed by atoms with E-state index in [-0.39, 0.29) is 12.1 Å². The lowest BCUT2D eigenvalue weighted by molar-refractivity contribution is -0.0588. The molecule has 3 rings (SSSR count). The van der Waals surface area contributed by atoms with Crippen LogP contribution in [0.3, 0.4) is 0 Å². The van der Waals surface area contributed by atoms with Crippen LogP contribution in [0.5, 0.6) is 0 Å². The summed E-state index contributed by atoms with van der Waals surface area (Å²) >= 11 is 0. The van der Waals surface area contributed by atoms with Crippen LogP contribution in [0.1, 0.15) is 37.3 Å². The molecule has 3 heterocycles. The van der Waals surface area contributed by atoms with Gasteiger partial charge in [-0.05, 0) is 38.8 Å². The molecule has 2 bridgehead atoms. The van der Waals surface area contributed by atoms with Gasteiger partial charge in [0.1, 0.15) is 11.5 Å². The smallest absolute Gasteiger partial charge is 0.122 e. The topological polar surface area (TPSA) is 51.6 Å². The van der Waals surface area contributed by atoms with Crippen molar-refractivity contribution in [1.82, 2.24) is 4.90 Å². The zero-order chi connectivity index (χ0) is 12.7. The SMILES string of the molecule is Cc1ccc(C(C(C)N)N2CC3CCC(C2)O3)o1. The highest BCUT2D eigenvalue weighted by Crippen LogP contribution is 2.33. The Morgan fingerprint density at radius 1 is 1.28 bits per heavy atom. The molecule has 0 spiro atoms. The Morgan fingerprint density at radius 2 is 1.94 bits per heavy atom. The van der Waals surface area contributed by atoms with E-state index in [4.69, 9.17) is 14.9 Å². The minimum absolute atomic E-state index is 0.0630. The normalized spacial score (nSPS) is 31.5. The Bertz CT molecular complexity index is 404. The second-order valence-corrected chi connectivity index (χ2v) is 5.66. The van der Waals surface area contributed by atoms with Gasteiger partial charge in [0, 0.05) is 19.1 Å². The first-order valence-corrected chi connectivity index (χ1v) is 6.85. The van der Waals surface area contributed by atoms with Crippen LogP contribution in [0.2, 0.25) is 0 Å². The van der Waals surface area contributed by atoms with Crippen molar-refractivity contribution in [2.24, 2.45) is 5.73 Å². The lowest BCUT2D eigenvalue weighted by Gasteiger charge is -2.38. The van der Waals surface area contributed by atoms with Crippen LogP contribution in [0, 0.1) is 6.92 Å². The van der Waals surface area contributed by atoms with Crippen LogP contribution in [0.15, 0.2) is 16.5 Å². The number of ether oxygens (including phenoxy) is 1. The van der Waals surface area contributed by atoms with Gasteiger partial charge in [0.2, 0.25) is 0 Å². The molecule has 2 aliphatic heterocycles. The molecule has 4 atom stereocenters. The van der Waals surface area contributed by atoms with Crippen LogP contribution >= 0.6 is 0 Å². The fraction of sp³-hybridized carbons (Fsp3) is 0.714. The molecular weight excluding hydrogens is 228 g/mol. The maximum Gasteiger partial charge on any atom is 0.122 e. The van der Waals surface area contributed by atoms with E-state index in [1.165, 1.54) is 12.8 Å². The zero-order valence-electron chi connectivity index (χ0n) is 11.1. The Hall–Kier alpha value is -0.840. The van der Waals surface area contributed by atoms with E-state index in [9.17, 15) is 0 Å². The first kappa shape index (κ1) is 12.2. The second-order valence-electron chi connectivity index (χ2n) is 5.66. The van der Waals surface area contributed by atoms with E-state index >= 15 is 0 Å². The predicted octanol–water partition coefficient (Wildman–Crippen LogP) is 1.84. The molecule has 4 unspecified atom stereocenters. The monoisotopic (exact) mass is 250 g/mol. The summed E-state index contributed by atoms with van der Waals surface area (Å²) in [6.45, 7) is 5.98. The molecule has 0 aromatic carbocycles. The van der Waals surface area contributed by atoms with E-state index in [1.807, 2.05) is 13.0 Å². The molecule has 2 N–H and O–H groups in total. The lowest BCUT2D eigenvalue weighted by atomic mass is 10.0. The van der Waals surface area contributed by atoms with E-state index in [0.717, 1.165) is 24.6 Å². The van der Waals surface area contributed by atoms with Gasteiger partial charge in [-0.2, -0.15) is 0 Å². The molecule has 1 aromatic rings.